The largest absolute Gasteiger partial charge is 0.378 e. The van der Waals surface area contributed by atoms with Crippen LogP contribution in [0, 0.1) is 0 Å². The summed E-state index contributed by atoms with van der Waals surface area (Å²) in [7, 11) is 0. The van der Waals surface area contributed by atoms with Gasteiger partial charge in [-0.1, -0.05) is 12.8 Å². The van der Waals surface area contributed by atoms with E-state index in [0.717, 1.165) is 63.4 Å². The van der Waals surface area contributed by atoms with E-state index in [-0.39, 0.29) is 17.2 Å². The summed E-state index contributed by atoms with van der Waals surface area (Å²) in [6, 6.07) is 8.27. The molecule has 0 bridgehead atoms. The predicted octanol–water partition coefficient (Wildman–Crippen LogP) is 1.92. The number of rotatable bonds is 4. The summed E-state index contributed by atoms with van der Waals surface area (Å²) in [5, 5.41) is 14.8. The molecule has 3 aromatic heterocycles. The maximum Gasteiger partial charge on any atom is 0.299 e. The van der Waals surface area contributed by atoms with Crippen LogP contribution in [-0.4, -0.2) is 60.9 Å². The molecule has 2 aliphatic rings. The van der Waals surface area contributed by atoms with Crippen LogP contribution >= 0.6 is 0 Å². The Morgan fingerprint density at radius 2 is 1.81 bits per heavy atom. The Hall–Kier alpha value is -3.60. The molecule has 0 spiro atoms. The molecule has 0 atom stereocenters. The number of nitrogens with one attached hydrogen (secondary N) is 1. The summed E-state index contributed by atoms with van der Waals surface area (Å²) in [5.74, 6) is 0.426. The Bertz CT molecular complexity index is 1320. The number of benzene rings is 1. The zero-order chi connectivity index (χ0) is 21.5. The molecule has 1 aliphatic carbocycles. The second-order valence-corrected chi connectivity index (χ2v) is 8.20. The first-order valence-electron chi connectivity index (χ1n) is 11.0. The van der Waals surface area contributed by atoms with Crippen molar-refractivity contribution in [3.8, 4) is 0 Å². The highest BCUT2D eigenvalue weighted by Crippen LogP contribution is 2.30. The summed E-state index contributed by atoms with van der Waals surface area (Å²) >= 11 is 0. The lowest BCUT2D eigenvalue weighted by Gasteiger charge is -2.28. The smallest absolute Gasteiger partial charge is 0.299 e. The lowest BCUT2D eigenvalue weighted by Crippen LogP contribution is -2.36. The van der Waals surface area contributed by atoms with E-state index in [1.807, 2.05) is 12.1 Å². The second-order valence-electron chi connectivity index (χ2n) is 8.20. The first-order valence-corrected chi connectivity index (χ1v) is 11.0. The third-order valence-corrected chi connectivity index (χ3v) is 6.28. The van der Waals surface area contributed by atoms with Crippen molar-refractivity contribution in [1.82, 2.24) is 34.6 Å². The average molecular weight is 433 g/mol. The third-order valence-electron chi connectivity index (χ3n) is 6.28. The Balaban J connectivity index is 1.36. The lowest BCUT2D eigenvalue weighted by molar-refractivity contribution is 0.122. The molecule has 164 valence electrons. The van der Waals surface area contributed by atoms with Crippen molar-refractivity contribution in [3.05, 3.63) is 40.8 Å². The van der Waals surface area contributed by atoms with Gasteiger partial charge < -0.3 is 15.0 Å². The van der Waals surface area contributed by atoms with Gasteiger partial charge in [-0.3, -0.25) is 9.36 Å². The molecule has 6 rings (SSSR count). The van der Waals surface area contributed by atoms with Gasteiger partial charge in [0.2, 0.25) is 11.6 Å². The van der Waals surface area contributed by atoms with Gasteiger partial charge in [0.15, 0.2) is 5.65 Å². The van der Waals surface area contributed by atoms with E-state index in [2.05, 4.69) is 42.9 Å². The first-order chi connectivity index (χ1) is 15.8. The maximum absolute atomic E-state index is 13.2. The Kier molecular flexibility index (Phi) is 4.67. The number of aromatic nitrogens is 7. The molecule has 1 saturated carbocycles. The highest BCUT2D eigenvalue weighted by molar-refractivity contribution is 5.74. The maximum atomic E-state index is 13.2. The fraction of sp³-hybridized carbons (Fsp3) is 0.429. The molecule has 0 amide bonds. The van der Waals surface area contributed by atoms with Gasteiger partial charge in [-0.25, -0.2) is 4.98 Å². The summed E-state index contributed by atoms with van der Waals surface area (Å²) in [4.78, 5) is 24.6. The van der Waals surface area contributed by atoms with Gasteiger partial charge in [-0.15, -0.1) is 5.10 Å². The van der Waals surface area contributed by atoms with Crippen molar-refractivity contribution >= 4 is 34.1 Å². The van der Waals surface area contributed by atoms with Gasteiger partial charge in [0, 0.05) is 30.5 Å². The number of hydrogen-bond acceptors (Lipinski definition) is 9. The molecular weight excluding hydrogens is 410 g/mol. The van der Waals surface area contributed by atoms with E-state index in [9.17, 15) is 4.79 Å². The normalized spacial score (nSPS) is 17.4. The van der Waals surface area contributed by atoms with E-state index in [1.54, 1.807) is 10.8 Å². The molecule has 1 aliphatic heterocycles. The van der Waals surface area contributed by atoms with Crippen LogP contribution in [0.25, 0.3) is 16.8 Å². The second kappa shape index (κ2) is 7.83. The summed E-state index contributed by atoms with van der Waals surface area (Å²) in [5.41, 5.74) is 3.18. The van der Waals surface area contributed by atoms with Gasteiger partial charge in [0.25, 0.3) is 5.56 Å². The lowest BCUT2D eigenvalue weighted by atomic mass is 10.2. The molecule has 1 saturated heterocycles. The van der Waals surface area contributed by atoms with Crippen LogP contribution in [0.5, 0.6) is 0 Å². The monoisotopic (exact) mass is 433 g/mol. The number of nitrogens with zero attached hydrogens (tertiary/aromatic N) is 8. The number of hydrogen-bond donors (Lipinski definition) is 1. The van der Waals surface area contributed by atoms with Crippen LogP contribution in [0.4, 0.5) is 17.3 Å². The molecule has 0 unspecified atom stereocenters. The molecule has 1 N–H and O–H groups in total. The fourth-order valence-corrected chi connectivity index (χ4v) is 4.65. The van der Waals surface area contributed by atoms with Gasteiger partial charge in [-0.2, -0.15) is 9.50 Å². The quantitative estimate of drug-likeness (QED) is 0.515. The molecule has 1 aromatic carbocycles. The van der Waals surface area contributed by atoms with Crippen molar-refractivity contribution in [3.63, 3.8) is 0 Å². The van der Waals surface area contributed by atoms with E-state index in [4.69, 9.17) is 9.72 Å². The zero-order valence-corrected chi connectivity index (χ0v) is 17.5. The number of anilines is 3. The summed E-state index contributed by atoms with van der Waals surface area (Å²) in [6.45, 7) is 3.29. The minimum Gasteiger partial charge on any atom is -0.378 e. The molecule has 0 radical (unpaired) electrons. The van der Waals surface area contributed by atoms with Crippen molar-refractivity contribution in [2.75, 3.05) is 36.5 Å². The minimum absolute atomic E-state index is 0.0993. The third kappa shape index (κ3) is 3.25. The summed E-state index contributed by atoms with van der Waals surface area (Å²) < 4.78 is 8.60. The Morgan fingerprint density at radius 1 is 1.03 bits per heavy atom. The Morgan fingerprint density at radius 3 is 2.59 bits per heavy atom. The van der Waals surface area contributed by atoms with Crippen molar-refractivity contribution in [2.24, 2.45) is 0 Å². The van der Waals surface area contributed by atoms with E-state index in [1.165, 1.54) is 4.52 Å². The van der Waals surface area contributed by atoms with Crippen LogP contribution in [-0.2, 0) is 4.74 Å². The molecule has 2 fully saturated rings. The molecule has 11 nitrogen and oxygen atoms in total. The van der Waals surface area contributed by atoms with Crippen molar-refractivity contribution in [1.29, 1.82) is 0 Å². The Labute approximate surface area is 183 Å². The fourth-order valence-electron chi connectivity index (χ4n) is 4.65. The van der Waals surface area contributed by atoms with Crippen LogP contribution in [0.1, 0.15) is 31.7 Å². The van der Waals surface area contributed by atoms with Gasteiger partial charge >= 0.3 is 0 Å². The van der Waals surface area contributed by atoms with Gasteiger partial charge in [0.05, 0.1) is 19.4 Å². The van der Waals surface area contributed by atoms with E-state index < -0.39 is 0 Å². The first kappa shape index (κ1) is 19.1. The van der Waals surface area contributed by atoms with Gasteiger partial charge in [-0.05, 0) is 47.5 Å². The number of fused-ring (bicyclic) bond motifs is 3. The van der Waals surface area contributed by atoms with Crippen molar-refractivity contribution < 1.29 is 4.74 Å². The SMILES string of the molecule is O=c1c2nnnn2c2cnc(Nc3ccc(N4CCOCC4)cc3)nc2n1C1CCCC1. The van der Waals surface area contributed by atoms with E-state index in [0.29, 0.717) is 17.1 Å². The molecule has 4 aromatic rings. The highest BCUT2D eigenvalue weighted by Gasteiger charge is 2.24. The molecule has 11 heteroatoms. The average Bonchev–Trinajstić information content (AvgIpc) is 3.53. The van der Waals surface area contributed by atoms with Crippen LogP contribution in [0.15, 0.2) is 35.3 Å². The number of morpholine rings is 1. The molecule has 4 heterocycles. The van der Waals surface area contributed by atoms with Gasteiger partial charge in [0.1, 0.15) is 5.52 Å². The predicted molar refractivity (Wildman–Crippen MR) is 118 cm³/mol. The zero-order valence-electron chi connectivity index (χ0n) is 17.5. The topological polar surface area (TPSA) is 115 Å². The van der Waals surface area contributed by atoms with E-state index >= 15 is 0 Å². The minimum atomic E-state index is -0.214. The van der Waals surface area contributed by atoms with Crippen LogP contribution in [0.3, 0.4) is 0 Å². The van der Waals surface area contributed by atoms with Crippen molar-refractivity contribution in [2.45, 2.75) is 31.7 Å². The number of ether oxygens (including phenoxy) is 1. The molecule has 32 heavy (non-hydrogen) atoms. The number of tetrazole rings is 1. The highest BCUT2D eigenvalue weighted by atomic mass is 16.5. The van der Waals surface area contributed by atoms with Crippen LogP contribution < -0.4 is 15.8 Å². The van der Waals surface area contributed by atoms with Crippen LogP contribution in [0.2, 0.25) is 0 Å². The summed E-state index contributed by atoms with van der Waals surface area (Å²) in [6.07, 6.45) is 5.76. The standard InChI is InChI=1S/C21H23N9O2/c31-20-19-25-26-27-30(19)17-13-22-21(24-18(17)29(20)16-3-1-2-4-16)23-14-5-7-15(8-6-14)28-9-11-32-12-10-28/h5-8,13,16H,1-4,9-12H2,(H,22,23,24). The molecular formula is C21H23N9O2.